The molecule has 4 nitrogen and oxygen atoms in total. The van der Waals surface area contributed by atoms with Crippen LogP contribution in [0.2, 0.25) is 0 Å². The van der Waals surface area contributed by atoms with Gasteiger partial charge < -0.3 is 9.80 Å². The highest BCUT2D eigenvalue weighted by Gasteiger charge is 2.60. The highest BCUT2D eigenvalue weighted by molar-refractivity contribution is 5.99. The van der Waals surface area contributed by atoms with Gasteiger partial charge in [-0.1, -0.05) is 12.1 Å². The van der Waals surface area contributed by atoms with E-state index in [9.17, 15) is 4.79 Å². The van der Waals surface area contributed by atoms with Crippen molar-refractivity contribution < 1.29 is 9.28 Å². The predicted molar refractivity (Wildman–Crippen MR) is 97.2 cm³/mol. The van der Waals surface area contributed by atoms with E-state index in [0.717, 1.165) is 60.2 Å². The van der Waals surface area contributed by atoms with Gasteiger partial charge >= 0.3 is 0 Å². The molecule has 1 aliphatic carbocycles. The molecule has 0 aromatic heterocycles. The maximum absolute atomic E-state index is 13.3. The number of likely N-dealkylation sites (tertiary alicyclic amines) is 1. The number of aryl methyl sites for hydroxylation is 2. The molecule has 0 unspecified atom stereocenters. The Morgan fingerprint density at radius 1 is 1.21 bits per heavy atom. The second-order valence-corrected chi connectivity index (χ2v) is 7.52. The average Bonchev–Trinajstić information content (AvgIpc) is 2.99. The normalized spacial score (nSPS) is 20.9. The smallest absolute Gasteiger partial charge is 0.285 e. The van der Waals surface area contributed by atoms with Crippen LogP contribution in [0.5, 0.6) is 0 Å². The summed E-state index contributed by atoms with van der Waals surface area (Å²) < 4.78 is 0.969. The summed E-state index contributed by atoms with van der Waals surface area (Å²) in [6.45, 7) is 16.7. The summed E-state index contributed by atoms with van der Waals surface area (Å²) in [6.07, 6.45) is 5.64. The van der Waals surface area contributed by atoms with Gasteiger partial charge in [0.05, 0.1) is 26.2 Å². The Labute approximate surface area is 145 Å². The van der Waals surface area contributed by atoms with Crippen LogP contribution in [0, 0.1) is 20.4 Å². The van der Waals surface area contributed by atoms with Crippen molar-refractivity contribution in [2.24, 2.45) is 0 Å². The SMILES string of the molecule is [C-]#[N+]c1cc(C)c(NC(=O)C2([N+]3(CC)CCCC3)CCC2)c(C)c1. The summed E-state index contributed by atoms with van der Waals surface area (Å²) in [5.74, 6) is 0.194. The number of nitrogens with one attached hydrogen (secondary N) is 1. The number of carbonyl (C=O) groups excluding carboxylic acids is 1. The van der Waals surface area contributed by atoms with Crippen LogP contribution in [0.3, 0.4) is 0 Å². The second kappa shape index (κ2) is 6.22. The van der Waals surface area contributed by atoms with Crippen LogP contribution in [0.25, 0.3) is 4.85 Å². The molecule has 1 heterocycles. The Morgan fingerprint density at radius 2 is 1.79 bits per heavy atom. The van der Waals surface area contributed by atoms with Crippen molar-refractivity contribution in [3.05, 3.63) is 34.7 Å². The minimum absolute atomic E-state index is 0.194. The molecule has 3 rings (SSSR count). The first-order valence-corrected chi connectivity index (χ1v) is 9.14. The number of benzene rings is 1. The molecule has 0 radical (unpaired) electrons. The molecule has 128 valence electrons. The fourth-order valence-corrected chi connectivity index (χ4v) is 4.85. The maximum atomic E-state index is 13.3. The van der Waals surface area contributed by atoms with E-state index < -0.39 is 0 Å². The molecule has 24 heavy (non-hydrogen) atoms. The molecule has 1 amide bonds. The van der Waals surface area contributed by atoms with Crippen molar-refractivity contribution in [2.75, 3.05) is 25.0 Å². The third-order valence-electron chi connectivity index (χ3n) is 6.42. The van der Waals surface area contributed by atoms with E-state index in [-0.39, 0.29) is 11.4 Å². The summed E-state index contributed by atoms with van der Waals surface area (Å²) in [6, 6.07) is 3.73. The number of nitrogens with zero attached hydrogens (tertiary/aromatic N) is 2. The molecule has 2 aliphatic rings. The highest BCUT2D eigenvalue weighted by Crippen LogP contribution is 2.46. The van der Waals surface area contributed by atoms with Crippen molar-refractivity contribution in [3.8, 4) is 0 Å². The quantitative estimate of drug-likeness (QED) is 0.648. The fourth-order valence-electron chi connectivity index (χ4n) is 4.85. The zero-order valence-electron chi connectivity index (χ0n) is 15.1. The fraction of sp³-hybridized carbons (Fsp3) is 0.600. The lowest BCUT2D eigenvalue weighted by molar-refractivity contribution is -0.960. The highest BCUT2D eigenvalue weighted by atomic mass is 16.2. The number of hydrogen-bond donors (Lipinski definition) is 1. The standard InChI is InChI=1S/C20H27N3O/c1-5-23(11-6-7-12-23)20(9-8-10-20)19(24)22-18-15(2)13-17(21-4)14-16(18)3/h13-14H,5-12H2,1-3H3/p+1. The van der Waals surface area contributed by atoms with Gasteiger partial charge in [0.25, 0.3) is 5.91 Å². The number of likely N-dealkylation sites (N-methyl/N-ethyl adjacent to an activating group) is 1. The molecule has 0 atom stereocenters. The van der Waals surface area contributed by atoms with E-state index >= 15 is 0 Å². The topological polar surface area (TPSA) is 33.5 Å². The van der Waals surface area contributed by atoms with Crippen LogP contribution in [0.4, 0.5) is 11.4 Å². The summed E-state index contributed by atoms with van der Waals surface area (Å²) in [5.41, 5.74) is 3.26. The van der Waals surface area contributed by atoms with E-state index in [1.165, 1.54) is 12.8 Å². The van der Waals surface area contributed by atoms with Crippen molar-refractivity contribution in [3.63, 3.8) is 0 Å². The number of rotatable bonds is 4. The van der Waals surface area contributed by atoms with Gasteiger partial charge in [-0.2, -0.15) is 0 Å². The van der Waals surface area contributed by atoms with Crippen LogP contribution in [0.1, 0.15) is 50.2 Å². The molecule has 1 aliphatic heterocycles. The number of quaternary nitrogens is 1. The summed E-state index contributed by atoms with van der Waals surface area (Å²) >= 11 is 0. The lowest BCUT2D eigenvalue weighted by atomic mass is 9.72. The zero-order valence-corrected chi connectivity index (χ0v) is 15.1. The van der Waals surface area contributed by atoms with Crippen molar-refractivity contribution >= 4 is 17.3 Å². The van der Waals surface area contributed by atoms with Crippen LogP contribution in [0.15, 0.2) is 12.1 Å². The lowest BCUT2D eigenvalue weighted by Gasteiger charge is -2.54. The van der Waals surface area contributed by atoms with E-state index in [1.807, 2.05) is 26.0 Å². The molecule has 1 saturated heterocycles. The number of amides is 1. The first-order chi connectivity index (χ1) is 11.5. The van der Waals surface area contributed by atoms with Crippen LogP contribution < -0.4 is 5.32 Å². The molecule has 1 N–H and O–H groups in total. The van der Waals surface area contributed by atoms with Gasteiger partial charge in [0.2, 0.25) is 0 Å². The Bertz CT molecular complexity index is 668. The predicted octanol–water partition coefficient (Wildman–Crippen LogP) is 4.35. The van der Waals surface area contributed by atoms with E-state index in [0.29, 0.717) is 5.69 Å². The van der Waals surface area contributed by atoms with E-state index in [4.69, 9.17) is 6.57 Å². The summed E-state index contributed by atoms with van der Waals surface area (Å²) in [7, 11) is 0. The maximum Gasteiger partial charge on any atom is 0.285 e. The molecular weight excluding hydrogens is 298 g/mol. The molecule has 4 heteroatoms. The Balaban J connectivity index is 1.90. The Morgan fingerprint density at radius 3 is 2.21 bits per heavy atom. The first-order valence-electron chi connectivity index (χ1n) is 9.14. The number of hydrogen-bond acceptors (Lipinski definition) is 1. The minimum atomic E-state index is -0.234. The number of carbonyl (C=O) groups is 1. The molecule has 1 aromatic rings. The Kier molecular flexibility index (Phi) is 4.40. The summed E-state index contributed by atoms with van der Waals surface area (Å²) in [5, 5.41) is 3.25. The molecular formula is C20H28N3O+. The van der Waals surface area contributed by atoms with Crippen LogP contribution in [-0.4, -0.2) is 35.6 Å². The molecule has 1 saturated carbocycles. The van der Waals surface area contributed by atoms with E-state index in [2.05, 4.69) is 17.1 Å². The van der Waals surface area contributed by atoms with Gasteiger partial charge in [0.15, 0.2) is 11.2 Å². The van der Waals surface area contributed by atoms with Gasteiger partial charge in [0, 0.05) is 31.4 Å². The van der Waals surface area contributed by atoms with Crippen molar-refractivity contribution in [2.45, 2.75) is 58.4 Å². The van der Waals surface area contributed by atoms with Crippen LogP contribution in [-0.2, 0) is 4.79 Å². The Hall–Kier alpha value is -1.86. The average molecular weight is 326 g/mol. The monoisotopic (exact) mass is 326 g/mol. The zero-order chi connectivity index (χ0) is 17.4. The molecule has 1 aromatic carbocycles. The minimum Gasteiger partial charge on any atom is -0.320 e. The molecule has 0 bridgehead atoms. The van der Waals surface area contributed by atoms with Gasteiger partial charge in [-0.3, -0.25) is 4.79 Å². The van der Waals surface area contributed by atoms with E-state index in [1.54, 1.807) is 0 Å². The molecule has 2 fully saturated rings. The third-order valence-corrected chi connectivity index (χ3v) is 6.42. The van der Waals surface area contributed by atoms with Gasteiger partial charge in [-0.15, -0.1) is 0 Å². The van der Waals surface area contributed by atoms with Crippen LogP contribution >= 0.6 is 0 Å². The third kappa shape index (κ3) is 2.43. The summed E-state index contributed by atoms with van der Waals surface area (Å²) in [4.78, 5) is 16.8. The second-order valence-electron chi connectivity index (χ2n) is 7.52. The lowest BCUT2D eigenvalue weighted by Crippen LogP contribution is -2.71. The number of anilines is 1. The molecule has 0 spiro atoms. The van der Waals surface area contributed by atoms with Gasteiger partial charge in [0.1, 0.15) is 0 Å². The van der Waals surface area contributed by atoms with Gasteiger partial charge in [-0.05, 0) is 38.3 Å². The first kappa shape index (κ1) is 17.0. The van der Waals surface area contributed by atoms with Crippen molar-refractivity contribution in [1.82, 2.24) is 0 Å². The van der Waals surface area contributed by atoms with Gasteiger partial charge in [-0.25, -0.2) is 4.85 Å². The van der Waals surface area contributed by atoms with Crippen molar-refractivity contribution in [1.29, 1.82) is 0 Å². The largest absolute Gasteiger partial charge is 0.320 e.